The monoisotopic (exact) mass is 434 g/mol. The zero-order chi connectivity index (χ0) is 21.7. The predicted octanol–water partition coefficient (Wildman–Crippen LogP) is 4.08. The molecule has 0 saturated carbocycles. The highest BCUT2D eigenvalue weighted by Gasteiger charge is 2.28. The normalized spacial score (nSPS) is 13.5. The van der Waals surface area contributed by atoms with E-state index in [1.165, 1.54) is 4.31 Å². The van der Waals surface area contributed by atoms with Gasteiger partial charge in [0.1, 0.15) is 0 Å². The van der Waals surface area contributed by atoms with Crippen molar-refractivity contribution in [2.75, 3.05) is 10.8 Å². The van der Waals surface area contributed by atoms with E-state index in [4.69, 9.17) is 0 Å². The number of fused-ring (bicyclic) bond motifs is 1. The zero-order valence-electron chi connectivity index (χ0n) is 17.3. The van der Waals surface area contributed by atoms with Crippen molar-refractivity contribution in [3.63, 3.8) is 0 Å². The standard InChI is InChI=1S/C25H26N2O3S/c28-25(26-19-21-7-2-1-3-8-21)17-14-20-12-15-23(16-13-20)31(29,30)27-18-6-10-22-9-4-5-11-24(22)27/h1-5,7-9,11-13,15-16H,6,10,14,17-19H2,(H,26,28). The van der Waals surface area contributed by atoms with Crippen LogP contribution in [0.25, 0.3) is 0 Å². The molecule has 0 saturated heterocycles. The lowest BCUT2D eigenvalue weighted by Crippen LogP contribution is -2.35. The summed E-state index contributed by atoms with van der Waals surface area (Å²) in [5, 5.41) is 2.92. The minimum absolute atomic E-state index is 0.0227. The van der Waals surface area contributed by atoms with Crippen LogP contribution in [-0.4, -0.2) is 20.9 Å². The third kappa shape index (κ3) is 4.97. The van der Waals surface area contributed by atoms with Crippen LogP contribution in [0.3, 0.4) is 0 Å². The van der Waals surface area contributed by atoms with Gasteiger partial charge in [0.25, 0.3) is 10.0 Å². The molecule has 0 aliphatic carbocycles. The van der Waals surface area contributed by atoms with Crippen LogP contribution in [0.4, 0.5) is 5.69 Å². The van der Waals surface area contributed by atoms with Crippen LogP contribution in [0.1, 0.15) is 29.5 Å². The maximum absolute atomic E-state index is 13.2. The molecule has 6 heteroatoms. The number of benzene rings is 3. The first-order chi connectivity index (χ1) is 15.0. The highest BCUT2D eigenvalue weighted by Crippen LogP contribution is 2.31. The number of carbonyl (C=O) groups is 1. The second kappa shape index (κ2) is 9.35. The Hall–Kier alpha value is -3.12. The van der Waals surface area contributed by atoms with Crippen molar-refractivity contribution in [3.05, 3.63) is 95.6 Å². The summed E-state index contributed by atoms with van der Waals surface area (Å²) in [5.41, 5.74) is 3.83. The van der Waals surface area contributed by atoms with Gasteiger partial charge in [0.2, 0.25) is 5.91 Å². The van der Waals surface area contributed by atoms with Crippen molar-refractivity contribution in [1.82, 2.24) is 5.32 Å². The molecule has 1 amide bonds. The number of nitrogens with zero attached hydrogens (tertiary/aromatic N) is 1. The molecule has 4 rings (SSSR count). The fourth-order valence-electron chi connectivity index (χ4n) is 3.85. The van der Waals surface area contributed by atoms with Gasteiger partial charge in [-0.15, -0.1) is 0 Å². The SMILES string of the molecule is O=C(CCc1ccc(S(=O)(=O)N2CCCc3ccccc32)cc1)NCc1ccccc1. The fourth-order valence-corrected chi connectivity index (χ4v) is 5.39. The van der Waals surface area contributed by atoms with E-state index < -0.39 is 10.0 Å². The van der Waals surface area contributed by atoms with Gasteiger partial charge in [-0.3, -0.25) is 9.10 Å². The molecule has 0 radical (unpaired) electrons. The molecular weight excluding hydrogens is 408 g/mol. The van der Waals surface area contributed by atoms with Gasteiger partial charge < -0.3 is 5.32 Å². The maximum Gasteiger partial charge on any atom is 0.264 e. The maximum atomic E-state index is 13.2. The minimum Gasteiger partial charge on any atom is -0.352 e. The Bertz CT molecular complexity index is 1140. The molecule has 5 nitrogen and oxygen atoms in total. The van der Waals surface area contributed by atoms with Gasteiger partial charge in [0.05, 0.1) is 10.6 Å². The van der Waals surface area contributed by atoms with Gasteiger partial charge in [-0.2, -0.15) is 0 Å². The van der Waals surface area contributed by atoms with Gasteiger partial charge in [0, 0.05) is 19.5 Å². The van der Waals surface area contributed by atoms with Crippen LogP contribution in [0.2, 0.25) is 0 Å². The topological polar surface area (TPSA) is 66.5 Å². The Morgan fingerprint density at radius 1 is 0.871 bits per heavy atom. The molecule has 31 heavy (non-hydrogen) atoms. The summed E-state index contributed by atoms with van der Waals surface area (Å²) < 4.78 is 27.9. The highest BCUT2D eigenvalue weighted by atomic mass is 32.2. The van der Waals surface area contributed by atoms with E-state index in [0.29, 0.717) is 25.9 Å². The van der Waals surface area contributed by atoms with Gasteiger partial charge in [-0.05, 0) is 54.2 Å². The predicted molar refractivity (Wildman–Crippen MR) is 122 cm³/mol. The Morgan fingerprint density at radius 2 is 1.58 bits per heavy atom. The molecule has 160 valence electrons. The Balaban J connectivity index is 1.37. The van der Waals surface area contributed by atoms with Crippen LogP contribution in [0.15, 0.2) is 83.8 Å². The summed E-state index contributed by atoms with van der Waals surface area (Å²) >= 11 is 0. The number of amides is 1. The van der Waals surface area contributed by atoms with Crippen LogP contribution in [0.5, 0.6) is 0 Å². The molecule has 0 unspecified atom stereocenters. The first-order valence-electron chi connectivity index (χ1n) is 10.5. The van der Waals surface area contributed by atoms with Crippen molar-refractivity contribution < 1.29 is 13.2 Å². The fraction of sp³-hybridized carbons (Fsp3) is 0.240. The summed E-state index contributed by atoms with van der Waals surface area (Å²) in [6.45, 7) is 0.997. The number of para-hydroxylation sites is 1. The lowest BCUT2D eigenvalue weighted by Gasteiger charge is -2.30. The number of carbonyl (C=O) groups excluding carboxylic acids is 1. The summed E-state index contributed by atoms with van der Waals surface area (Å²) in [6, 6.07) is 24.3. The van der Waals surface area contributed by atoms with Crippen molar-refractivity contribution in [2.24, 2.45) is 0 Å². The molecule has 1 aliphatic rings. The number of hydrogen-bond donors (Lipinski definition) is 1. The van der Waals surface area contributed by atoms with Gasteiger partial charge in [0.15, 0.2) is 0 Å². The van der Waals surface area contributed by atoms with E-state index in [1.54, 1.807) is 24.3 Å². The number of sulfonamides is 1. The summed E-state index contributed by atoms with van der Waals surface area (Å²) in [6.07, 6.45) is 2.63. The van der Waals surface area contributed by atoms with Gasteiger partial charge in [-0.1, -0.05) is 60.7 Å². The van der Waals surface area contributed by atoms with E-state index in [9.17, 15) is 13.2 Å². The Morgan fingerprint density at radius 3 is 2.35 bits per heavy atom. The summed E-state index contributed by atoms with van der Waals surface area (Å²) in [7, 11) is -3.61. The number of rotatable bonds is 7. The van der Waals surface area contributed by atoms with Crippen LogP contribution in [0, 0.1) is 0 Å². The largest absolute Gasteiger partial charge is 0.352 e. The molecule has 0 atom stereocenters. The quantitative estimate of drug-likeness (QED) is 0.609. The molecule has 0 fully saturated rings. The van der Waals surface area contributed by atoms with Crippen molar-refractivity contribution in [3.8, 4) is 0 Å². The van der Waals surface area contributed by atoms with Crippen LogP contribution in [-0.2, 0) is 34.2 Å². The zero-order valence-corrected chi connectivity index (χ0v) is 18.1. The van der Waals surface area contributed by atoms with E-state index >= 15 is 0 Å². The molecule has 0 spiro atoms. The molecule has 3 aromatic carbocycles. The second-order valence-corrected chi connectivity index (χ2v) is 9.58. The summed E-state index contributed by atoms with van der Waals surface area (Å²) in [5.74, 6) is -0.0227. The third-order valence-electron chi connectivity index (χ3n) is 5.55. The number of aryl methyl sites for hydroxylation is 2. The number of anilines is 1. The van der Waals surface area contributed by atoms with E-state index in [1.807, 2.05) is 54.6 Å². The van der Waals surface area contributed by atoms with Crippen LogP contribution < -0.4 is 9.62 Å². The lowest BCUT2D eigenvalue weighted by molar-refractivity contribution is -0.121. The number of hydrogen-bond acceptors (Lipinski definition) is 3. The van der Waals surface area contributed by atoms with Crippen molar-refractivity contribution >= 4 is 21.6 Å². The molecule has 3 aromatic rings. The van der Waals surface area contributed by atoms with Crippen molar-refractivity contribution in [1.29, 1.82) is 0 Å². The van der Waals surface area contributed by atoms with E-state index in [2.05, 4.69) is 5.32 Å². The molecule has 1 heterocycles. The van der Waals surface area contributed by atoms with E-state index in [0.717, 1.165) is 35.2 Å². The first-order valence-corrected chi connectivity index (χ1v) is 12.0. The van der Waals surface area contributed by atoms with Gasteiger partial charge >= 0.3 is 0 Å². The van der Waals surface area contributed by atoms with Crippen molar-refractivity contribution in [2.45, 2.75) is 37.1 Å². The highest BCUT2D eigenvalue weighted by molar-refractivity contribution is 7.92. The third-order valence-corrected chi connectivity index (χ3v) is 7.38. The number of nitrogens with one attached hydrogen (secondary N) is 1. The lowest BCUT2D eigenvalue weighted by atomic mass is 10.0. The van der Waals surface area contributed by atoms with Gasteiger partial charge in [-0.25, -0.2) is 8.42 Å². The Kier molecular flexibility index (Phi) is 6.37. The Labute approximate surface area is 183 Å². The first kappa shape index (κ1) is 21.1. The molecule has 0 aromatic heterocycles. The molecule has 0 bridgehead atoms. The molecule has 1 N–H and O–H groups in total. The smallest absolute Gasteiger partial charge is 0.264 e. The van der Waals surface area contributed by atoms with Crippen LogP contribution >= 0.6 is 0 Å². The minimum atomic E-state index is -3.61. The molecular formula is C25H26N2O3S. The average Bonchev–Trinajstić information content (AvgIpc) is 2.82. The summed E-state index contributed by atoms with van der Waals surface area (Å²) in [4.78, 5) is 12.4. The second-order valence-electron chi connectivity index (χ2n) is 7.72. The molecule has 1 aliphatic heterocycles. The average molecular weight is 435 g/mol. The van der Waals surface area contributed by atoms with E-state index in [-0.39, 0.29) is 10.8 Å².